The Hall–Kier alpha value is -1.40. The summed E-state index contributed by atoms with van der Waals surface area (Å²) in [6.45, 7) is 3.37. The van der Waals surface area contributed by atoms with Crippen LogP contribution in [0.2, 0.25) is 0 Å². The Morgan fingerprint density at radius 3 is 2.80 bits per heavy atom. The van der Waals surface area contributed by atoms with Gasteiger partial charge in [0, 0.05) is 26.3 Å². The molecule has 0 saturated heterocycles. The van der Waals surface area contributed by atoms with Crippen molar-refractivity contribution < 1.29 is 4.74 Å². The van der Waals surface area contributed by atoms with Crippen molar-refractivity contribution in [3.05, 3.63) is 11.9 Å². The van der Waals surface area contributed by atoms with Gasteiger partial charge >= 0.3 is 0 Å². The van der Waals surface area contributed by atoms with E-state index < -0.39 is 0 Å². The fourth-order valence-electron chi connectivity index (χ4n) is 1.17. The van der Waals surface area contributed by atoms with Crippen molar-refractivity contribution in [2.24, 2.45) is 5.84 Å². The smallest absolute Gasteiger partial charge is 0.145 e. The molecule has 0 aliphatic heterocycles. The Bertz CT molecular complexity index is 305. The number of ether oxygens (including phenoxy) is 1. The van der Waals surface area contributed by atoms with Crippen molar-refractivity contribution in [3.8, 4) is 0 Å². The van der Waals surface area contributed by atoms with Crippen LogP contribution in [0.1, 0.15) is 12.2 Å². The van der Waals surface area contributed by atoms with Gasteiger partial charge in [0.15, 0.2) is 0 Å². The van der Waals surface area contributed by atoms with Gasteiger partial charge < -0.3 is 15.5 Å². The highest BCUT2D eigenvalue weighted by atomic mass is 16.5. The van der Waals surface area contributed by atoms with E-state index in [1.165, 1.54) is 0 Å². The average Bonchev–Trinajstić information content (AvgIpc) is 2.23. The standard InChI is InChI=1S/C9H17N5O/c1-7-12-8(6-9(13-7)14-10)11-4-3-5-15-2/h6H,3-5,10H2,1-2H3,(H2,11,12,13,14). The first kappa shape index (κ1) is 11.7. The molecule has 6 nitrogen and oxygen atoms in total. The number of nitrogens with zero attached hydrogens (tertiary/aromatic N) is 2. The van der Waals surface area contributed by atoms with E-state index in [0.29, 0.717) is 11.6 Å². The van der Waals surface area contributed by atoms with E-state index in [2.05, 4.69) is 20.7 Å². The van der Waals surface area contributed by atoms with Gasteiger partial charge in [-0.25, -0.2) is 15.8 Å². The molecule has 0 unspecified atom stereocenters. The maximum Gasteiger partial charge on any atom is 0.145 e. The lowest BCUT2D eigenvalue weighted by atomic mass is 10.4. The summed E-state index contributed by atoms with van der Waals surface area (Å²) in [6, 6.07) is 1.76. The van der Waals surface area contributed by atoms with E-state index in [0.717, 1.165) is 25.4 Å². The second-order valence-corrected chi connectivity index (χ2v) is 3.10. The molecule has 1 heterocycles. The second-order valence-electron chi connectivity index (χ2n) is 3.10. The number of hydrogen-bond acceptors (Lipinski definition) is 6. The van der Waals surface area contributed by atoms with E-state index in [9.17, 15) is 0 Å². The normalized spacial score (nSPS) is 10.1. The van der Waals surface area contributed by atoms with Crippen LogP contribution in [-0.4, -0.2) is 30.2 Å². The molecular formula is C9H17N5O. The predicted octanol–water partition coefficient (Wildman–Crippen LogP) is 0.519. The van der Waals surface area contributed by atoms with Gasteiger partial charge in [-0.15, -0.1) is 0 Å². The average molecular weight is 211 g/mol. The van der Waals surface area contributed by atoms with E-state index in [-0.39, 0.29) is 0 Å². The monoisotopic (exact) mass is 211 g/mol. The highest BCUT2D eigenvalue weighted by molar-refractivity contribution is 5.46. The lowest BCUT2D eigenvalue weighted by Crippen LogP contribution is -2.12. The molecule has 0 saturated carbocycles. The maximum atomic E-state index is 5.28. The zero-order valence-corrected chi connectivity index (χ0v) is 9.08. The minimum atomic E-state index is 0.608. The quantitative estimate of drug-likeness (QED) is 0.361. The summed E-state index contributed by atoms with van der Waals surface area (Å²) >= 11 is 0. The van der Waals surface area contributed by atoms with Crippen LogP contribution in [0, 0.1) is 6.92 Å². The van der Waals surface area contributed by atoms with Gasteiger partial charge in [0.2, 0.25) is 0 Å². The molecule has 0 aliphatic carbocycles. The molecule has 0 atom stereocenters. The molecule has 1 aromatic heterocycles. The van der Waals surface area contributed by atoms with Crippen LogP contribution in [0.25, 0.3) is 0 Å². The molecular weight excluding hydrogens is 194 g/mol. The van der Waals surface area contributed by atoms with Crippen LogP contribution in [0.4, 0.5) is 11.6 Å². The van der Waals surface area contributed by atoms with Crippen LogP contribution in [-0.2, 0) is 4.74 Å². The largest absolute Gasteiger partial charge is 0.385 e. The van der Waals surface area contributed by atoms with Crippen LogP contribution >= 0.6 is 0 Å². The lowest BCUT2D eigenvalue weighted by Gasteiger charge is -2.07. The van der Waals surface area contributed by atoms with Gasteiger partial charge in [-0.3, -0.25) is 0 Å². The van der Waals surface area contributed by atoms with Crippen molar-refractivity contribution >= 4 is 11.6 Å². The zero-order valence-electron chi connectivity index (χ0n) is 9.08. The molecule has 6 heteroatoms. The topological polar surface area (TPSA) is 85.1 Å². The number of anilines is 2. The zero-order chi connectivity index (χ0) is 11.1. The summed E-state index contributed by atoms with van der Waals surface area (Å²) in [4.78, 5) is 8.31. The van der Waals surface area contributed by atoms with Crippen molar-refractivity contribution in [3.63, 3.8) is 0 Å². The molecule has 0 aromatic carbocycles. The van der Waals surface area contributed by atoms with E-state index >= 15 is 0 Å². The molecule has 0 bridgehead atoms. The molecule has 0 radical (unpaired) electrons. The molecule has 84 valence electrons. The van der Waals surface area contributed by atoms with Gasteiger partial charge in [-0.1, -0.05) is 0 Å². The molecule has 1 aromatic rings. The molecule has 0 fully saturated rings. The number of aromatic nitrogens is 2. The SMILES string of the molecule is COCCCNc1cc(NN)nc(C)n1. The Balaban J connectivity index is 2.49. The summed E-state index contributed by atoms with van der Waals surface area (Å²) < 4.78 is 4.94. The maximum absolute atomic E-state index is 5.28. The number of nitrogens with two attached hydrogens (primary N) is 1. The molecule has 0 aliphatic rings. The molecule has 1 rings (SSSR count). The summed E-state index contributed by atoms with van der Waals surface area (Å²) in [5.41, 5.74) is 2.49. The first-order valence-electron chi connectivity index (χ1n) is 4.81. The van der Waals surface area contributed by atoms with Gasteiger partial charge in [-0.05, 0) is 13.3 Å². The lowest BCUT2D eigenvalue weighted by molar-refractivity contribution is 0.198. The number of methoxy groups -OCH3 is 1. The summed E-state index contributed by atoms with van der Waals surface area (Å²) in [6.07, 6.45) is 0.935. The first-order chi connectivity index (χ1) is 7.26. The van der Waals surface area contributed by atoms with E-state index in [1.54, 1.807) is 13.2 Å². The third kappa shape index (κ3) is 4.09. The molecule has 0 amide bonds. The Kier molecular flexibility index (Phi) is 4.79. The Morgan fingerprint density at radius 2 is 2.13 bits per heavy atom. The minimum absolute atomic E-state index is 0.608. The van der Waals surface area contributed by atoms with Crippen LogP contribution < -0.4 is 16.6 Å². The van der Waals surface area contributed by atoms with Crippen molar-refractivity contribution in [1.29, 1.82) is 0 Å². The van der Waals surface area contributed by atoms with E-state index in [4.69, 9.17) is 10.6 Å². The fourth-order valence-corrected chi connectivity index (χ4v) is 1.17. The number of rotatable bonds is 6. The van der Waals surface area contributed by atoms with Gasteiger partial charge in [0.1, 0.15) is 17.5 Å². The number of hydrazine groups is 1. The fraction of sp³-hybridized carbons (Fsp3) is 0.556. The van der Waals surface area contributed by atoms with Crippen LogP contribution in [0.3, 0.4) is 0 Å². The number of nitrogens with one attached hydrogen (secondary N) is 2. The van der Waals surface area contributed by atoms with Crippen LogP contribution in [0.15, 0.2) is 6.07 Å². The van der Waals surface area contributed by atoms with Gasteiger partial charge in [0.05, 0.1) is 0 Å². The van der Waals surface area contributed by atoms with Crippen molar-refractivity contribution in [2.75, 3.05) is 31.0 Å². The Morgan fingerprint density at radius 1 is 1.40 bits per heavy atom. The highest BCUT2D eigenvalue weighted by Crippen LogP contribution is 2.09. The minimum Gasteiger partial charge on any atom is -0.385 e. The summed E-state index contributed by atoms with van der Waals surface area (Å²) in [5, 5.41) is 3.17. The van der Waals surface area contributed by atoms with E-state index in [1.807, 2.05) is 6.92 Å². The van der Waals surface area contributed by atoms with Gasteiger partial charge in [0.25, 0.3) is 0 Å². The predicted molar refractivity (Wildman–Crippen MR) is 59.6 cm³/mol. The Labute approximate surface area is 89.2 Å². The third-order valence-corrected chi connectivity index (χ3v) is 1.82. The molecule has 0 spiro atoms. The highest BCUT2D eigenvalue weighted by Gasteiger charge is 1.99. The second kappa shape index (κ2) is 6.15. The van der Waals surface area contributed by atoms with Crippen molar-refractivity contribution in [2.45, 2.75) is 13.3 Å². The number of hydrogen-bond donors (Lipinski definition) is 3. The number of aryl methyl sites for hydroxylation is 1. The number of nitrogen functional groups attached to an aromatic ring is 1. The first-order valence-corrected chi connectivity index (χ1v) is 4.81. The van der Waals surface area contributed by atoms with Gasteiger partial charge in [-0.2, -0.15) is 0 Å². The third-order valence-electron chi connectivity index (χ3n) is 1.82. The van der Waals surface area contributed by atoms with Crippen molar-refractivity contribution in [1.82, 2.24) is 9.97 Å². The summed E-state index contributed by atoms with van der Waals surface area (Å²) in [5.74, 6) is 7.33. The molecule has 4 N–H and O–H groups in total. The van der Waals surface area contributed by atoms with Crippen LogP contribution in [0.5, 0.6) is 0 Å². The molecule has 15 heavy (non-hydrogen) atoms. The summed E-state index contributed by atoms with van der Waals surface area (Å²) in [7, 11) is 1.69.